The van der Waals surface area contributed by atoms with Crippen LogP contribution in [0.4, 0.5) is 18.9 Å². The van der Waals surface area contributed by atoms with Crippen molar-refractivity contribution in [3.8, 4) is 5.75 Å². The number of benzene rings is 1. The number of rotatable bonds is 0. The first-order valence-corrected chi connectivity index (χ1v) is 4.78. The number of hydrogen-bond acceptors (Lipinski definition) is 3. The molecule has 2 rings (SSSR count). The van der Waals surface area contributed by atoms with E-state index in [4.69, 9.17) is 10.5 Å². The monoisotopic (exact) mass is 246 g/mol. The molecule has 0 unspecified atom stereocenters. The maximum absolute atomic E-state index is 12.5. The summed E-state index contributed by atoms with van der Waals surface area (Å²) in [4.78, 5) is 11.3. The van der Waals surface area contributed by atoms with E-state index in [1.807, 2.05) is 0 Å². The number of nitrogens with two attached hydrogens (primary N) is 1. The Labute approximate surface area is 94.5 Å². The van der Waals surface area contributed by atoms with Gasteiger partial charge >= 0.3 is 6.18 Å². The molecular weight excluding hydrogens is 237 g/mol. The molecule has 0 bridgehead atoms. The highest BCUT2D eigenvalue weighted by Crippen LogP contribution is 2.35. The van der Waals surface area contributed by atoms with E-state index >= 15 is 0 Å². The van der Waals surface area contributed by atoms with Gasteiger partial charge in [0, 0.05) is 0 Å². The van der Waals surface area contributed by atoms with Gasteiger partial charge in [0.1, 0.15) is 18.4 Å². The quantitative estimate of drug-likeness (QED) is 0.726. The Hall–Kier alpha value is -1.76. The summed E-state index contributed by atoms with van der Waals surface area (Å²) in [5.41, 5.74) is 4.56. The molecule has 0 fully saturated rings. The van der Waals surface area contributed by atoms with E-state index in [-0.39, 0.29) is 18.0 Å². The smallest absolute Gasteiger partial charge is 0.416 e. The van der Waals surface area contributed by atoms with Crippen molar-refractivity contribution in [3.63, 3.8) is 0 Å². The number of halogens is 3. The molecule has 0 spiro atoms. The van der Waals surface area contributed by atoms with Crippen molar-refractivity contribution in [2.24, 2.45) is 5.73 Å². The third-order valence-electron chi connectivity index (χ3n) is 2.32. The third-order valence-corrected chi connectivity index (χ3v) is 2.32. The van der Waals surface area contributed by atoms with Crippen LogP contribution >= 0.6 is 0 Å². The van der Waals surface area contributed by atoms with Crippen LogP contribution < -0.4 is 15.8 Å². The Morgan fingerprint density at radius 2 is 2.12 bits per heavy atom. The first kappa shape index (κ1) is 11.7. The Balaban J connectivity index is 2.39. The van der Waals surface area contributed by atoms with E-state index in [0.717, 1.165) is 18.2 Å². The summed E-state index contributed by atoms with van der Waals surface area (Å²) in [6, 6.07) is 1.99. The van der Waals surface area contributed by atoms with E-state index in [1.165, 1.54) is 0 Å². The van der Waals surface area contributed by atoms with Crippen molar-refractivity contribution >= 4 is 11.6 Å². The lowest BCUT2D eigenvalue weighted by atomic mass is 10.2. The molecule has 92 valence electrons. The zero-order chi connectivity index (χ0) is 12.6. The summed E-state index contributed by atoms with van der Waals surface area (Å²) >= 11 is 0. The van der Waals surface area contributed by atoms with Gasteiger partial charge in [-0.3, -0.25) is 4.79 Å². The second-order valence-electron chi connectivity index (χ2n) is 3.62. The van der Waals surface area contributed by atoms with E-state index in [9.17, 15) is 18.0 Å². The predicted octanol–water partition coefficient (Wildman–Crippen LogP) is 1.36. The van der Waals surface area contributed by atoms with Gasteiger partial charge in [-0.15, -0.1) is 0 Å². The van der Waals surface area contributed by atoms with E-state index in [1.54, 1.807) is 0 Å². The van der Waals surface area contributed by atoms with Gasteiger partial charge in [0.15, 0.2) is 0 Å². The molecule has 1 aliphatic heterocycles. The van der Waals surface area contributed by atoms with Gasteiger partial charge < -0.3 is 15.8 Å². The van der Waals surface area contributed by atoms with Crippen molar-refractivity contribution in [1.29, 1.82) is 0 Å². The van der Waals surface area contributed by atoms with Crippen LogP contribution in [0.25, 0.3) is 0 Å². The molecule has 3 N–H and O–H groups in total. The summed E-state index contributed by atoms with van der Waals surface area (Å²) < 4.78 is 42.5. The molecular formula is C10H9F3N2O2. The number of amides is 1. The van der Waals surface area contributed by atoms with Gasteiger partial charge in [-0.2, -0.15) is 13.2 Å². The molecule has 0 aliphatic carbocycles. The lowest BCUT2D eigenvalue weighted by Crippen LogP contribution is -2.38. The van der Waals surface area contributed by atoms with Crippen LogP contribution in [-0.4, -0.2) is 18.6 Å². The first-order chi connectivity index (χ1) is 7.88. The van der Waals surface area contributed by atoms with Gasteiger partial charge in [0.05, 0.1) is 11.3 Å². The lowest BCUT2D eigenvalue weighted by molar-refractivity contribution is -0.137. The van der Waals surface area contributed by atoms with Gasteiger partial charge in [0.2, 0.25) is 5.91 Å². The number of nitrogens with one attached hydrogen (secondary N) is 1. The van der Waals surface area contributed by atoms with Crippen molar-refractivity contribution < 1.29 is 22.7 Å². The van der Waals surface area contributed by atoms with Gasteiger partial charge in [-0.05, 0) is 18.2 Å². The average Bonchev–Trinajstić information content (AvgIpc) is 2.37. The van der Waals surface area contributed by atoms with Gasteiger partial charge in [0.25, 0.3) is 0 Å². The maximum Gasteiger partial charge on any atom is 0.416 e. The highest BCUT2D eigenvalue weighted by atomic mass is 19.4. The largest absolute Gasteiger partial charge is 0.489 e. The highest BCUT2D eigenvalue weighted by Gasteiger charge is 2.32. The van der Waals surface area contributed by atoms with Gasteiger partial charge in [-0.25, -0.2) is 0 Å². The zero-order valence-electron chi connectivity index (χ0n) is 8.54. The Morgan fingerprint density at radius 1 is 1.41 bits per heavy atom. The third kappa shape index (κ3) is 2.33. The van der Waals surface area contributed by atoms with Crippen LogP contribution in [0.15, 0.2) is 18.2 Å². The standard InChI is InChI=1S/C10H9F3N2O2/c11-10(12,13)5-1-2-8-7(3-5)15-9(16)6(14)4-17-8/h1-3,6H,4,14H2,(H,15,16)/t6-/m1/s1. The molecule has 0 radical (unpaired) electrons. The maximum atomic E-state index is 12.5. The Morgan fingerprint density at radius 3 is 2.76 bits per heavy atom. The molecule has 1 atom stereocenters. The summed E-state index contributed by atoms with van der Waals surface area (Å²) in [6.07, 6.45) is -4.46. The number of fused-ring (bicyclic) bond motifs is 1. The second kappa shape index (κ2) is 3.92. The number of ether oxygens (including phenoxy) is 1. The van der Waals surface area contributed by atoms with Gasteiger partial charge in [-0.1, -0.05) is 0 Å². The van der Waals surface area contributed by atoms with Crippen molar-refractivity contribution in [1.82, 2.24) is 0 Å². The van der Waals surface area contributed by atoms with Crippen LogP contribution in [-0.2, 0) is 11.0 Å². The summed E-state index contributed by atoms with van der Waals surface area (Å²) in [5, 5.41) is 2.30. The van der Waals surface area contributed by atoms with E-state index in [2.05, 4.69) is 5.32 Å². The minimum absolute atomic E-state index is 0.0159. The first-order valence-electron chi connectivity index (χ1n) is 4.78. The van der Waals surface area contributed by atoms with Crippen molar-refractivity contribution in [2.45, 2.75) is 12.2 Å². The minimum atomic E-state index is -4.46. The molecule has 0 saturated carbocycles. The molecule has 1 amide bonds. The fourth-order valence-electron chi connectivity index (χ4n) is 1.41. The normalized spacial score (nSPS) is 20.0. The molecule has 17 heavy (non-hydrogen) atoms. The van der Waals surface area contributed by atoms with Crippen LogP contribution in [0.1, 0.15) is 5.56 Å². The second-order valence-corrected chi connectivity index (χ2v) is 3.62. The number of anilines is 1. The number of hydrogen-bond donors (Lipinski definition) is 2. The fourth-order valence-corrected chi connectivity index (χ4v) is 1.41. The van der Waals surface area contributed by atoms with Crippen LogP contribution in [0.5, 0.6) is 5.75 Å². The Kier molecular flexibility index (Phi) is 2.70. The molecule has 0 aromatic heterocycles. The fraction of sp³-hybridized carbons (Fsp3) is 0.300. The van der Waals surface area contributed by atoms with Crippen LogP contribution in [0.3, 0.4) is 0 Å². The van der Waals surface area contributed by atoms with Crippen LogP contribution in [0, 0.1) is 0 Å². The molecule has 1 aliphatic rings. The molecule has 7 heteroatoms. The van der Waals surface area contributed by atoms with Crippen molar-refractivity contribution in [2.75, 3.05) is 11.9 Å². The van der Waals surface area contributed by atoms with E-state index < -0.39 is 23.7 Å². The average molecular weight is 246 g/mol. The molecule has 1 aromatic carbocycles. The lowest BCUT2D eigenvalue weighted by Gasteiger charge is -2.11. The van der Waals surface area contributed by atoms with E-state index in [0.29, 0.717) is 0 Å². The molecule has 1 heterocycles. The topological polar surface area (TPSA) is 64.3 Å². The summed E-state index contributed by atoms with van der Waals surface area (Å²) in [7, 11) is 0. The number of alkyl halides is 3. The predicted molar refractivity (Wildman–Crippen MR) is 53.5 cm³/mol. The molecule has 0 saturated heterocycles. The summed E-state index contributed by atoms with van der Waals surface area (Å²) in [5.74, 6) is -0.387. The van der Waals surface area contributed by atoms with Crippen molar-refractivity contribution in [3.05, 3.63) is 23.8 Å². The molecule has 1 aromatic rings. The number of carbonyl (C=O) groups excluding carboxylic acids is 1. The SMILES string of the molecule is N[C@@H]1COc2ccc(C(F)(F)F)cc2NC1=O. The molecule has 4 nitrogen and oxygen atoms in total. The summed E-state index contributed by atoms with van der Waals surface area (Å²) in [6.45, 7) is -0.0653. The van der Waals surface area contributed by atoms with Crippen LogP contribution in [0.2, 0.25) is 0 Å². The zero-order valence-corrected chi connectivity index (χ0v) is 8.54. The number of carbonyl (C=O) groups is 1. The minimum Gasteiger partial charge on any atom is -0.489 e. The Bertz CT molecular complexity index is 459. The highest BCUT2D eigenvalue weighted by molar-refractivity contribution is 5.96.